The normalized spacial score (nSPS) is 17.6. The van der Waals surface area contributed by atoms with Crippen LogP contribution >= 0.6 is 0 Å². The molecule has 4 nitrogen and oxygen atoms in total. The maximum absolute atomic E-state index is 11.7. The summed E-state index contributed by atoms with van der Waals surface area (Å²) in [5.74, 6) is 0.139. The molecule has 1 N–H and O–H groups in total. The van der Waals surface area contributed by atoms with Crippen LogP contribution in [0.15, 0.2) is 17.1 Å². The molecule has 1 saturated carbocycles. The Kier molecular flexibility index (Phi) is 4.59. The van der Waals surface area contributed by atoms with Crippen molar-refractivity contribution in [1.82, 2.24) is 10.3 Å². The summed E-state index contributed by atoms with van der Waals surface area (Å²) in [5.41, 5.74) is 0.848. The molecule has 94 valence electrons. The summed E-state index contributed by atoms with van der Waals surface area (Å²) >= 11 is 0. The lowest BCUT2D eigenvalue weighted by Crippen LogP contribution is -2.34. The Bertz CT molecular complexity index is 327. The summed E-state index contributed by atoms with van der Waals surface area (Å²) in [6.45, 7) is 0. The monoisotopic (exact) mass is 236 g/mol. The molecule has 0 aromatic carbocycles. The lowest BCUT2D eigenvalue weighted by atomic mass is 10.1. The number of carbonyl (C=O) groups excluding carboxylic acids is 1. The van der Waals surface area contributed by atoms with E-state index in [9.17, 15) is 4.79 Å². The van der Waals surface area contributed by atoms with Crippen LogP contribution in [0.5, 0.6) is 0 Å². The van der Waals surface area contributed by atoms with Gasteiger partial charge in [-0.05, 0) is 12.8 Å². The number of nitrogens with zero attached hydrogens (tertiary/aromatic N) is 1. The summed E-state index contributed by atoms with van der Waals surface area (Å²) in [4.78, 5) is 15.8. The van der Waals surface area contributed by atoms with Gasteiger partial charge in [0, 0.05) is 18.9 Å². The number of carbonyl (C=O) groups is 1. The number of aryl methyl sites for hydroxylation is 1. The zero-order chi connectivity index (χ0) is 11.9. The smallest absolute Gasteiger partial charge is 0.220 e. The second-order valence-corrected chi connectivity index (χ2v) is 4.74. The van der Waals surface area contributed by atoms with E-state index in [1.807, 2.05) is 0 Å². The van der Waals surface area contributed by atoms with Gasteiger partial charge in [0.2, 0.25) is 5.91 Å². The Balaban J connectivity index is 1.69. The first-order chi connectivity index (χ1) is 8.34. The van der Waals surface area contributed by atoms with Gasteiger partial charge in [0.05, 0.1) is 5.69 Å². The lowest BCUT2D eigenvalue weighted by Gasteiger charge is -2.15. The molecule has 1 aliphatic rings. The highest BCUT2D eigenvalue weighted by Crippen LogP contribution is 2.17. The van der Waals surface area contributed by atoms with Crippen LogP contribution in [0, 0.1) is 0 Å². The molecule has 1 aliphatic carbocycles. The van der Waals surface area contributed by atoms with E-state index in [0.29, 0.717) is 18.9 Å². The van der Waals surface area contributed by atoms with Gasteiger partial charge in [-0.1, -0.05) is 25.7 Å². The molecule has 4 heteroatoms. The van der Waals surface area contributed by atoms with Crippen molar-refractivity contribution in [1.29, 1.82) is 0 Å². The predicted octanol–water partition coefficient (Wildman–Crippen LogP) is 2.45. The SMILES string of the molecule is O=C(CCc1cocn1)NC1CCCCCC1. The summed E-state index contributed by atoms with van der Waals surface area (Å²) in [5, 5.41) is 3.12. The van der Waals surface area contributed by atoms with Crippen LogP contribution < -0.4 is 5.32 Å². The number of aromatic nitrogens is 1. The topological polar surface area (TPSA) is 55.1 Å². The molecule has 0 aliphatic heterocycles. The van der Waals surface area contributed by atoms with Crippen LogP contribution in [0.25, 0.3) is 0 Å². The first-order valence-electron chi connectivity index (χ1n) is 6.51. The molecule has 0 spiro atoms. The van der Waals surface area contributed by atoms with E-state index < -0.39 is 0 Å². The third-order valence-corrected chi connectivity index (χ3v) is 3.31. The number of nitrogens with one attached hydrogen (secondary N) is 1. The number of oxazole rings is 1. The Labute approximate surface area is 102 Å². The molecule has 0 saturated heterocycles. The Morgan fingerprint density at radius 3 is 2.76 bits per heavy atom. The molecule has 1 fully saturated rings. The number of rotatable bonds is 4. The minimum Gasteiger partial charge on any atom is -0.451 e. The fraction of sp³-hybridized carbons (Fsp3) is 0.692. The van der Waals surface area contributed by atoms with E-state index in [2.05, 4.69) is 10.3 Å². The maximum Gasteiger partial charge on any atom is 0.220 e. The molecule has 0 radical (unpaired) electrons. The lowest BCUT2D eigenvalue weighted by molar-refractivity contribution is -0.121. The highest BCUT2D eigenvalue weighted by atomic mass is 16.3. The summed E-state index contributed by atoms with van der Waals surface area (Å²) in [7, 11) is 0. The van der Waals surface area contributed by atoms with Crippen LogP contribution in [0.2, 0.25) is 0 Å². The Hall–Kier alpha value is -1.32. The second-order valence-electron chi connectivity index (χ2n) is 4.74. The van der Waals surface area contributed by atoms with E-state index in [1.165, 1.54) is 32.1 Å². The quantitative estimate of drug-likeness (QED) is 0.817. The van der Waals surface area contributed by atoms with Crippen molar-refractivity contribution in [3.8, 4) is 0 Å². The first-order valence-corrected chi connectivity index (χ1v) is 6.51. The highest BCUT2D eigenvalue weighted by Gasteiger charge is 2.14. The standard InChI is InChI=1S/C13H20N2O2/c16-13(8-7-12-9-17-10-14-12)15-11-5-3-1-2-4-6-11/h9-11H,1-8H2,(H,15,16). The van der Waals surface area contributed by atoms with Crippen molar-refractivity contribution in [2.24, 2.45) is 0 Å². The van der Waals surface area contributed by atoms with Gasteiger partial charge in [-0.2, -0.15) is 0 Å². The molecule has 0 atom stereocenters. The van der Waals surface area contributed by atoms with Gasteiger partial charge in [0.1, 0.15) is 6.26 Å². The Morgan fingerprint density at radius 2 is 2.12 bits per heavy atom. The van der Waals surface area contributed by atoms with Crippen molar-refractivity contribution in [2.45, 2.75) is 57.4 Å². The number of amides is 1. The molecule has 0 unspecified atom stereocenters. The van der Waals surface area contributed by atoms with Gasteiger partial charge in [-0.25, -0.2) is 4.98 Å². The van der Waals surface area contributed by atoms with Crippen LogP contribution in [0.3, 0.4) is 0 Å². The fourth-order valence-electron chi connectivity index (χ4n) is 2.33. The van der Waals surface area contributed by atoms with Crippen molar-refractivity contribution in [3.05, 3.63) is 18.4 Å². The van der Waals surface area contributed by atoms with Gasteiger partial charge in [0.15, 0.2) is 6.39 Å². The molecule has 1 aromatic rings. The molecule has 1 amide bonds. The third-order valence-electron chi connectivity index (χ3n) is 3.31. The van der Waals surface area contributed by atoms with Crippen LogP contribution in [-0.4, -0.2) is 16.9 Å². The molecule has 1 aromatic heterocycles. The third kappa shape index (κ3) is 4.21. The second kappa shape index (κ2) is 6.42. The van der Waals surface area contributed by atoms with Gasteiger partial charge >= 0.3 is 0 Å². The maximum atomic E-state index is 11.7. The largest absolute Gasteiger partial charge is 0.451 e. The Morgan fingerprint density at radius 1 is 1.35 bits per heavy atom. The summed E-state index contributed by atoms with van der Waals surface area (Å²) in [6.07, 6.45) is 11.5. The zero-order valence-electron chi connectivity index (χ0n) is 10.2. The van der Waals surface area contributed by atoms with Gasteiger partial charge in [0.25, 0.3) is 0 Å². The van der Waals surface area contributed by atoms with Crippen molar-refractivity contribution >= 4 is 5.91 Å². The van der Waals surface area contributed by atoms with E-state index in [0.717, 1.165) is 18.5 Å². The molecule has 0 bridgehead atoms. The fourth-order valence-corrected chi connectivity index (χ4v) is 2.33. The molecule has 17 heavy (non-hydrogen) atoms. The molecule has 1 heterocycles. The van der Waals surface area contributed by atoms with Gasteiger partial charge in [-0.3, -0.25) is 4.79 Å². The number of hydrogen-bond donors (Lipinski definition) is 1. The first kappa shape index (κ1) is 12.1. The summed E-state index contributed by atoms with van der Waals surface area (Å²) < 4.78 is 4.87. The van der Waals surface area contributed by atoms with Gasteiger partial charge in [-0.15, -0.1) is 0 Å². The number of hydrogen-bond acceptors (Lipinski definition) is 3. The van der Waals surface area contributed by atoms with Crippen LogP contribution in [0.1, 0.15) is 50.6 Å². The minimum atomic E-state index is 0.139. The van der Waals surface area contributed by atoms with Crippen molar-refractivity contribution < 1.29 is 9.21 Å². The van der Waals surface area contributed by atoms with Crippen LogP contribution in [0.4, 0.5) is 0 Å². The van der Waals surface area contributed by atoms with Crippen LogP contribution in [-0.2, 0) is 11.2 Å². The van der Waals surface area contributed by atoms with Crippen molar-refractivity contribution in [3.63, 3.8) is 0 Å². The van der Waals surface area contributed by atoms with E-state index >= 15 is 0 Å². The van der Waals surface area contributed by atoms with E-state index in [-0.39, 0.29) is 5.91 Å². The van der Waals surface area contributed by atoms with E-state index in [4.69, 9.17) is 4.42 Å². The van der Waals surface area contributed by atoms with Gasteiger partial charge < -0.3 is 9.73 Å². The minimum absolute atomic E-state index is 0.139. The van der Waals surface area contributed by atoms with Crippen molar-refractivity contribution in [2.75, 3.05) is 0 Å². The average Bonchev–Trinajstić information content (AvgIpc) is 2.72. The molecular formula is C13H20N2O2. The average molecular weight is 236 g/mol. The van der Waals surface area contributed by atoms with E-state index in [1.54, 1.807) is 6.26 Å². The zero-order valence-corrected chi connectivity index (χ0v) is 10.2. The highest BCUT2D eigenvalue weighted by molar-refractivity contribution is 5.76. The molecule has 2 rings (SSSR count). The molecular weight excluding hydrogens is 216 g/mol. The summed E-state index contributed by atoms with van der Waals surface area (Å²) in [6, 6.07) is 0.391. The predicted molar refractivity (Wildman–Crippen MR) is 64.5 cm³/mol.